The Bertz CT molecular complexity index is 2360. The van der Waals surface area contributed by atoms with Crippen LogP contribution in [0.1, 0.15) is 113 Å². The lowest BCUT2D eigenvalue weighted by Crippen LogP contribution is -2.69. The summed E-state index contributed by atoms with van der Waals surface area (Å²) in [6.07, 6.45) is -31.4. The average Bonchev–Trinajstić information content (AvgIpc) is 1.05. The third-order valence-corrected chi connectivity index (χ3v) is 21.8. The van der Waals surface area contributed by atoms with Crippen LogP contribution in [0.15, 0.2) is 11.6 Å². The highest BCUT2D eigenvalue weighted by molar-refractivity contribution is 5.79. The van der Waals surface area contributed by atoms with Crippen LogP contribution >= 0.6 is 0 Å². The predicted octanol–water partition coefficient (Wildman–Crippen LogP) is -2.40. The van der Waals surface area contributed by atoms with Crippen LogP contribution in [0.25, 0.3) is 0 Å². The fraction of sp³-hybridized carbons (Fsp3) is 0.911. The zero-order chi connectivity index (χ0) is 60.3. The SMILES string of the molecule is CC(=O)O[C@H]1C[C@@]2(C)[C@@H](CC[C@]3(C)[C@@H]2CC=C2[C@@H]4CC(C)(C)CC[C@]4(C(=O)O[C@@H]4O[C@H](CO)[C@@H](O)[C@H](O)[C@H]4O[C@@H]4O[C@H](CO[C@@H]5O[C@H](CO)[C@@H](O[C@@H]6O[C@@H](C)[C@H](O)[C@@H](O)[C@H]6O)[C@H](O)[C@H]5O)[C@@H](O)[C@H](O)[C@H]4O)CC[C@]23C)[C@](C)(C(=O)O)[C@H]1O. The van der Waals surface area contributed by atoms with Crippen molar-refractivity contribution in [2.75, 3.05) is 19.8 Å². The number of esters is 2. The maximum atomic E-state index is 15.4. The molecule has 30 atom stereocenters. The zero-order valence-corrected chi connectivity index (χ0v) is 47.7. The predicted molar refractivity (Wildman–Crippen MR) is 274 cm³/mol. The number of hydrogen-bond donors (Lipinski definition) is 14. The summed E-state index contributed by atoms with van der Waals surface area (Å²) in [7, 11) is 0. The Kier molecular flexibility index (Phi) is 18.0. The van der Waals surface area contributed by atoms with E-state index in [4.69, 9.17) is 42.6 Å². The fourth-order valence-corrected chi connectivity index (χ4v) is 16.6. The van der Waals surface area contributed by atoms with E-state index in [1.165, 1.54) is 13.8 Å². The third-order valence-electron chi connectivity index (χ3n) is 21.8. The number of carbonyl (C=O) groups excluding carboxylic acids is 2. The van der Waals surface area contributed by atoms with E-state index in [0.29, 0.717) is 51.4 Å². The molecule has 5 aliphatic carbocycles. The number of allylic oxidation sites excluding steroid dienone is 2. The fourth-order valence-electron chi connectivity index (χ4n) is 16.6. The van der Waals surface area contributed by atoms with E-state index < -0.39 is 212 Å². The van der Waals surface area contributed by atoms with E-state index in [-0.39, 0.29) is 17.8 Å². The summed E-state index contributed by atoms with van der Waals surface area (Å²) in [5.74, 6) is -3.51. The number of rotatable bonds is 13. The highest BCUT2D eigenvalue weighted by atomic mass is 16.8. The van der Waals surface area contributed by atoms with Gasteiger partial charge in [0, 0.05) is 6.92 Å². The van der Waals surface area contributed by atoms with Crippen molar-refractivity contribution in [3.05, 3.63) is 11.6 Å². The van der Waals surface area contributed by atoms with E-state index in [1.54, 1.807) is 6.92 Å². The Morgan fingerprint density at radius 2 is 1.16 bits per heavy atom. The number of aliphatic carboxylic acids is 1. The summed E-state index contributed by atoms with van der Waals surface area (Å²) in [6, 6.07) is 0. The van der Waals surface area contributed by atoms with Crippen LogP contribution in [-0.4, -0.2) is 244 Å². The molecule has 26 nitrogen and oxygen atoms in total. The molecule has 9 rings (SSSR count). The summed E-state index contributed by atoms with van der Waals surface area (Å²) in [6.45, 7) is 12.5. The lowest BCUT2D eigenvalue weighted by Gasteiger charge is -2.71. The van der Waals surface area contributed by atoms with Gasteiger partial charge in [0.1, 0.15) is 97.7 Å². The summed E-state index contributed by atoms with van der Waals surface area (Å²) >= 11 is 0. The molecule has 0 radical (unpaired) electrons. The summed E-state index contributed by atoms with van der Waals surface area (Å²) in [5.41, 5.74) is -3.73. The molecule has 0 spiro atoms. The Morgan fingerprint density at radius 1 is 0.598 bits per heavy atom. The molecule has 14 N–H and O–H groups in total. The van der Waals surface area contributed by atoms with Gasteiger partial charge in [-0.15, -0.1) is 0 Å². The second-order valence-corrected chi connectivity index (χ2v) is 26.8. The minimum absolute atomic E-state index is 0.128. The molecule has 0 aromatic carbocycles. The molecular weight excluding hydrogens is 1090 g/mol. The number of aliphatic hydroxyl groups excluding tert-OH is 13. The first-order chi connectivity index (χ1) is 38.3. The Balaban J connectivity index is 0.937. The van der Waals surface area contributed by atoms with Gasteiger partial charge in [0.25, 0.3) is 0 Å². The monoisotopic (exact) mass is 1180 g/mol. The molecule has 8 fully saturated rings. The number of hydrogen-bond acceptors (Lipinski definition) is 25. The number of carbonyl (C=O) groups is 3. The van der Waals surface area contributed by atoms with Crippen molar-refractivity contribution in [3.63, 3.8) is 0 Å². The van der Waals surface area contributed by atoms with Crippen LogP contribution in [0.3, 0.4) is 0 Å². The van der Waals surface area contributed by atoms with Crippen molar-refractivity contribution < 1.29 is 129 Å². The van der Waals surface area contributed by atoms with Crippen LogP contribution in [0.5, 0.6) is 0 Å². The van der Waals surface area contributed by atoms with Gasteiger partial charge in [0.15, 0.2) is 25.0 Å². The Morgan fingerprint density at radius 3 is 1.79 bits per heavy atom. The van der Waals surface area contributed by atoms with Gasteiger partial charge in [0.2, 0.25) is 6.29 Å². The molecule has 4 aliphatic heterocycles. The molecule has 9 aliphatic rings. The second kappa shape index (κ2) is 23.1. The number of fused-ring (bicyclic) bond motifs is 7. The van der Waals surface area contributed by atoms with E-state index in [0.717, 1.165) is 5.57 Å². The van der Waals surface area contributed by atoms with Crippen LogP contribution in [0, 0.1) is 50.2 Å². The van der Waals surface area contributed by atoms with E-state index in [1.807, 2.05) is 0 Å². The van der Waals surface area contributed by atoms with Crippen molar-refractivity contribution in [2.24, 2.45) is 50.2 Å². The molecule has 26 heteroatoms. The van der Waals surface area contributed by atoms with Crippen LogP contribution in [0.2, 0.25) is 0 Å². The normalized spacial score (nSPS) is 52.8. The summed E-state index contributed by atoms with van der Waals surface area (Å²) in [5, 5.41) is 153. The Hall–Kier alpha value is -2.65. The molecular formula is C56H88O26. The smallest absolute Gasteiger partial charge is 0.315 e. The number of carboxylic acids is 1. The van der Waals surface area contributed by atoms with Gasteiger partial charge in [0.05, 0.1) is 36.8 Å². The van der Waals surface area contributed by atoms with Crippen LogP contribution < -0.4 is 0 Å². The standard InChI is InChI=1S/C56H88O26/c1-22-32(60)35(63)39(67)46(75-22)80-42-28(20-58)78-45(41(69)38(42)66)74-21-29-34(62)36(64)40(68)47(79-29)81-43-37(65)33(61)27(19-57)77-48(43)82-50(73)56-15-13-51(3,4)17-25(56)24-9-10-30-52(5)18-26(76-23(2)59)44(70)55(8,49(71)72)31(52)11-12-54(30,7)53(24,6)14-16-56/h9,22,25-48,57-58,60-70H,10-21H2,1-8H3,(H,71,72)/t22-,25-,26-,27+,28+,29+,30+,31+,32-,33+,34+,35+,36-,37-,38+,39+,40+,41+,42+,43+,44-,45+,46-,47-,48-,52+,53+,54+,55-,56-/m0/s1. The molecule has 4 saturated carbocycles. The lowest BCUT2D eigenvalue weighted by atomic mass is 9.33. The van der Waals surface area contributed by atoms with Gasteiger partial charge >= 0.3 is 17.9 Å². The first-order valence-corrected chi connectivity index (χ1v) is 28.8. The average molecular weight is 1180 g/mol. The third kappa shape index (κ3) is 10.4. The van der Waals surface area contributed by atoms with Crippen molar-refractivity contribution in [1.29, 1.82) is 0 Å². The molecule has 4 heterocycles. The van der Waals surface area contributed by atoms with Crippen LogP contribution in [-0.2, 0) is 57.0 Å². The number of ether oxygens (including phenoxy) is 9. The summed E-state index contributed by atoms with van der Waals surface area (Å²) < 4.78 is 52.5. The first kappa shape index (κ1) is 63.8. The number of aliphatic hydroxyl groups is 13. The molecule has 82 heavy (non-hydrogen) atoms. The second-order valence-electron chi connectivity index (χ2n) is 26.8. The zero-order valence-electron chi connectivity index (χ0n) is 47.7. The minimum Gasteiger partial charge on any atom is -0.481 e. The maximum Gasteiger partial charge on any atom is 0.315 e. The van der Waals surface area contributed by atoms with Crippen LogP contribution in [0.4, 0.5) is 0 Å². The van der Waals surface area contributed by atoms with Gasteiger partial charge < -0.3 is 114 Å². The van der Waals surface area contributed by atoms with Gasteiger partial charge in [-0.1, -0.05) is 46.3 Å². The van der Waals surface area contributed by atoms with E-state index in [2.05, 4.69) is 40.7 Å². The van der Waals surface area contributed by atoms with Gasteiger partial charge in [-0.2, -0.15) is 0 Å². The van der Waals surface area contributed by atoms with Crippen molar-refractivity contribution in [2.45, 2.75) is 248 Å². The molecule has 0 amide bonds. The highest BCUT2D eigenvalue weighted by Crippen LogP contribution is 2.76. The lowest BCUT2D eigenvalue weighted by molar-refractivity contribution is -0.374. The van der Waals surface area contributed by atoms with Crippen molar-refractivity contribution in [1.82, 2.24) is 0 Å². The van der Waals surface area contributed by atoms with Crippen molar-refractivity contribution >= 4 is 17.9 Å². The van der Waals surface area contributed by atoms with Gasteiger partial charge in [-0.25, -0.2) is 0 Å². The van der Waals surface area contributed by atoms with Gasteiger partial charge in [-0.3, -0.25) is 14.4 Å². The molecule has 0 aromatic heterocycles. The quantitative estimate of drug-likeness (QED) is 0.0675. The topological polar surface area (TPSA) is 418 Å². The number of carboxylic acid groups (broad SMARTS) is 1. The first-order valence-electron chi connectivity index (χ1n) is 28.8. The molecule has 0 bridgehead atoms. The largest absolute Gasteiger partial charge is 0.481 e. The summed E-state index contributed by atoms with van der Waals surface area (Å²) in [4.78, 5) is 41.1. The highest BCUT2D eigenvalue weighted by Gasteiger charge is 2.73. The van der Waals surface area contributed by atoms with E-state index in [9.17, 15) is 81.1 Å². The van der Waals surface area contributed by atoms with Gasteiger partial charge in [-0.05, 0) is 111 Å². The molecule has 468 valence electrons. The van der Waals surface area contributed by atoms with E-state index >= 15 is 4.79 Å². The Labute approximate surface area is 475 Å². The molecule has 0 aromatic rings. The van der Waals surface area contributed by atoms with Crippen molar-refractivity contribution in [3.8, 4) is 0 Å². The molecule has 4 saturated heterocycles. The maximum absolute atomic E-state index is 15.4. The minimum atomic E-state index is -2.08. The molecule has 0 unspecified atom stereocenters.